The van der Waals surface area contributed by atoms with Crippen molar-refractivity contribution < 1.29 is 27.5 Å². The largest absolute Gasteiger partial charge is 0.494 e. The molecule has 2 heterocycles. The van der Waals surface area contributed by atoms with Crippen LogP contribution in [0.4, 0.5) is 5.69 Å². The van der Waals surface area contributed by atoms with E-state index in [0.29, 0.717) is 29.4 Å². The lowest BCUT2D eigenvalue weighted by molar-refractivity contribution is -0.143. The van der Waals surface area contributed by atoms with Crippen LogP contribution < -0.4 is 13.8 Å². The van der Waals surface area contributed by atoms with Gasteiger partial charge in [-0.1, -0.05) is 29.5 Å². The molecule has 5 rings (SSSR count). The first-order valence-electron chi connectivity index (χ1n) is 13.0. The summed E-state index contributed by atoms with van der Waals surface area (Å²) in [7, 11) is -3.80. The Bertz CT molecular complexity index is 1740. The van der Waals surface area contributed by atoms with Crippen molar-refractivity contribution in [3.63, 3.8) is 0 Å². The number of amides is 1. The molecule has 3 aromatic carbocycles. The molecular formula is C29H29N3O6S2. The molecule has 0 radical (unpaired) electrons. The van der Waals surface area contributed by atoms with Crippen LogP contribution >= 0.6 is 11.3 Å². The van der Waals surface area contributed by atoms with Crippen molar-refractivity contribution >= 4 is 49.1 Å². The van der Waals surface area contributed by atoms with Gasteiger partial charge in [0.15, 0.2) is 4.80 Å². The number of carbonyl (C=O) groups is 2. The van der Waals surface area contributed by atoms with Crippen LogP contribution in [-0.4, -0.2) is 44.6 Å². The SMILES string of the molecule is CCOC(=O)Cn1c(=NC(=O)c2ccc(S(=O)(=O)N3CCCc4ccccc43)cc2)sc2cc(OCC)ccc21. The first-order chi connectivity index (χ1) is 19.3. The summed E-state index contributed by atoms with van der Waals surface area (Å²) >= 11 is 1.25. The van der Waals surface area contributed by atoms with Gasteiger partial charge in [0.1, 0.15) is 12.3 Å². The van der Waals surface area contributed by atoms with Gasteiger partial charge in [-0.05, 0) is 80.8 Å². The zero-order valence-electron chi connectivity index (χ0n) is 22.2. The third-order valence-corrected chi connectivity index (χ3v) is 9.38. The number of nitrogens with zero attached hydrogens (tertiary/aromatic N) is 3. The van der Waals surface area contributed by atoms with Crippen LogP contribution in [0.5, 0.6) is 5.75 Å². The van der Waals surface area contributed by atoms with E-state index in [1.807, 2.05) is 43.3 Å². The second kappa shape index (κ2) is 11.6. The summed E-state index contributed by atoms with van der Waals surface area (Å²) in [5.41, 5.74) is 2.63. The predicted molar refractivity (Wildman–Crippen MR) is 153 cm³/mol. The van der Waals surface area contributed by atoms with Crippen molar-refractivity contribution in [1.82, 2.24) is 4.57 Å². The topological polar surface area (TPSA) is 107 Å². The number of aryl methyl sites for hydroxylation is 1. The molecule has 4 aromatic rings. The molecule has 208 valence electrons. The normalized spacial score (nSPS) is 13.8. The van der Waals surface area contributed by atoms with Crippen molar-refractivity contribution in [3.8, 4) is 5.75 Å². The number of fused-ring (bicyclic) bond motifs is 2. The number of carbonyl (C=O) groups excluding carboxylic acids is 2. The van der Waals surface area contributed by atoms with Gasteiger partial charge in [0.05, 0.1) is 34.0 Å². The fraction of sp³-hybridized carbons (Fsp3) is 0.276. The Balaban J connectivity index is 1.47. The maximum atomic E-state index is 13.5. The Kier molecular flexibility index (Phi) is 8.04. The van der Waals surface area contributed by atoms with E-state index in [0.717, 1.165) is 28.6 Å². The van der Waals surface area contributed by atoms with Gasteiger partial charge >= 0.3 is 5.97 Å². The van der Waals surface area contributed by atoms with Crippen molar-refractivity contribution in [2.24, 2.45) is 4.99 Å². The van der Waals surface area contributed by atoms with Crippen molar-refractivity contribution in [2.45, 2.75) is 38.1 Å². The van der Waals surface area contributed by atoms with E-state index in [1.165, 1.54) is 39.9 Å². The van der Waals surface area contributed by atoms with Crippen LogP contribution in [0.15, 0.2) is 76.6 Å². The van der Waals surface area contributed by atoms with Crippen LogP contribution in [0.3, 0.4) is 0 Å². The minimum Gasteiger partial charge on any atom is -0.494 e. The summed E-state index contributed by atoms with van der Waals surface area (Å²) in [4.78, 5) is 30.2. The first kappa shape index (κ1) is 27.6. The van der Waals surface area contributed by atoms with Gasteiger partial charge in [-0.15, -0.1) is 0 Å². The van der Waals surface area contributed by atoms with E-state index in [9.17, 15) is 18.0 Å². The Morgan fingerprint density at radius 1 is 1.00 bits per heavy atom. The number of ether oxygens (including phenoxy) is 2. The molecule has 0 unspecified atom stereocenters. The van der Waals surface area contributed by atoms with Crippen LogP contribution in [0.2, 0.25) is 0 Å². The number of aromatic nitrogens is 1. The number of sulfonamides is 1. The van der Waals surface area contributed by atoms with E-state index in [1.54, 1.807) is 17.6 Å². The molecule has 9 nitrogen and oxygen atoms in total. The van der Waals surface area contributed by atoms with Crippen LogP contribution in [0.25, 0.3) is 10.2 Å². The maximum absolute atomic E-state index is 13.5. The molecule has 11 heteroatoms. The Labute approximate surface area is 236 Å². The predicted octanol–water partition coefficient (Wildman–Crippen LogP) is 4.55. The zero-order chi connectivity index (χ0) is 28.3. The average molecular weight is 580 g/mol. The quantitative estimate of drug-likeness (QED) is 0.284. The van der Waals surface area contributed by atoms with Gasteiger partial charge in [0.25, 0.3) is 15.9 Å². The molecule has 0 atom stereocenters. The first-order valence-corrected chi connectivity index (χ1v) is 15.3. The number of esters is 1. The highest BCUT2D eigenvalue weighted by Crippen LogP contribution is 2.32. The van der Waals surface area contributed by atoms with E-state index in [4.69, 9.17) is 9.47 Å². The summed E-state index contributed by atoms with van der Waals surface area (Å²) in [5, 5.41) is 0. The molecule has 0 aliphatic carbocycles. The lowest BCUT2D eigenvalue weighted by atomic mass is 10.0. The minimum absolute atomic E-state index is 0.100. The highest BCUT2D eigenvalue weighted by Gasteiger charge is 2.29. The fourth-order valence-electron chi connectivity index (χ4n) is 4.68. The smallest absolute Gasteiger partial charge is 0.326 e. The molecule has 0 spiro atoms. The average Bonchev–Trinajstić information content (AvgIpc) is 3.28. The number of para-hydroxylation sites is 1. The number of benzene rings is 3. The molecule has 0 bridgehead atoms. The second-order valence-corrected chi connectivity index (χ2v) is 12.0. The molecular weight excluding hydrogens is 550 g/mol. The highest BCUT2D eigenvalue weighted by molar-refractivity contribution is 7.92. The number of anilines is 1. The molecule has 0 saturated carbocycles. The van der Waals surface area contributed by atoms with Gasteiger partial charge in [-0.3, -0.25) is 13.9 Å². The highest BCUT2D eigenvalue weighted by atomic mass is 32.2. The summed E-state index contributed by atoms with van der Waals surface area (Å²) in [6, 6.07) is 18.7. The lowest BCUT2D eigenvalue weighted by Crippen LogP contribution is -2.35. The van der Waals surface area contributed by atoms with Crippen molar-refractivity contribution in [1.29, 1.82) is 0 Å². The van der Waals surface area contributed by atoms with Crippen LogP contribution in [0.1, 0.15) is 36.2 Å². The molecule has 1 amide bonds. The number of hydrogen-bond acceptors (Lipinski definition) is 7. The Morgan fingerprint density at radius 2 is 1.77 bits per heavy atom. The van der Waals surface area contributed by atoms with E-state index < -0.39 is 21.9 Å². The monoisotopic (exact) mass is 579 g/mol. The van der Waals surface area contributed by atoms with Gasteiger partial charge < -0.3 is 14.0 Å². The van der Waals surface area contributed by atoms with Gasteiger partial charge in [-0.25, -0.2) is 8.42 Å². The fourth-order valence-corrected chi connectivity index (χ4v) is 7.28. The van der Waals surface area contributed by atoms with E-state index >= 15 is 0 Å². The summed E-state index contributed by atoms with van der Waals surface area (Å²) in [5.74, 6) is -0.328. The standard InChI is InChI=1S/C29H29N3O6S2/c1-3-37-22-13-16-25-26(18-22)39-29(31(25)19-27(33)38-4-2)30-28(34)21-11-14-23(15-12-21)40(35,36)32-17-7-9-20-8-5-6-10-24(20)32/h5-6,8,10-16,18H,3-4,7,9,17,19H2,1-2H3. The summed E-state index contributed by atoms with van der Waals surface area (Å²) in [6.45, 7) is 4.65. The third kappa shape index (κ3) is 5.52. The number of hydrogen-bond donors (Lipinski definition) is 0. The van der Waals surface area contributed by atoms with E-state index in [2.05, 4.69) is 4.99 Å². The van der Waals surface area contributed by atoms with Crippen molar-refractivity contribution in [2.75, 3.05) is 24.1 Å². The second-order valence-electron chi connectivity index (χ2n) is 9.09. The summed E-state index contributed by atoms with van der Waals surface area (Å²) in [6.07, 6.45) is 1.57. The maximum Gasteiger partial charge on any atom is 0.326 e. The molecule has 1 aromatic heterocycles. The van der Waals surface area contributed by atoms with Crippen LogP contribution in [-0.2, 0) is 32.5 Å². The molecule has 0 fully saturated rings. The number of rotatable bonds is 8. The Hall–Kier alpha value is -3.96. The van der Waals surface area contributed by atoms with Crippen LogP contribution in [0, 0.1) is 0 Å². The molecule has 1 aliphatic heterocycles. The summed E-state index contributed by atoms with van der Waals surface area (Å²) < 4.78 is 41.5. The molecule has 0 N–H and O–H groups in total. The van der Waals surface area contributed by atoms with Gasteiger partial charge in [0, 0.05) is 12.1 Å². The van der Waals surface area contributed by atoms with Gasteiger partial charge in [-0.2, -0.15) is 4.99 Å². The molecule has 0 saturated heterocycles. The van der Waals surface area contributed by atoms with Gasteiger partial charge in [0.2, 0.25) is 0 Å². The Morgan fingerprint density at radius 3 is 2.52 bits per heavy atom. The van der Waals surface area contributed by atoms with E-state index in [-0.39, 0.29) is 23.6 Å². The third-order valence-electron chi connectivity index (χ3n) is 6.51. The zero-order valence-corrected chi connectivity index (χ0v) is 23.8. The molecule has 1 aliphatic rings. The number of thiazole rings is 1. The molecule has 40 heavy (non-hydrogen) atoms. The lowest BCUT2D eigenvalue weighted by Gasteiger charge is -2.30. The van der Waals surface area contributed by atoms with Crippen molar-refractivity contribution in [3.05, 3.63) is 82.7 Å². The minimum atomic E-state index is -3.80.